The van der Waals surface area contributed by atoms with Gasteiger partial charge in [-0.3, -0.25) is 4.79 Å². The lowest BCUT2D eigenvalue weighted by Gasteiger charge is -2.22. The van der Waals surface area contributed by atoms with Gasteiger partial charge in [0.2, 0.25) is 5.95 Å². The number of hydrogen-bond donors (Lipinski definition) is 1. The first-order valence-electron chi connectivity index (χ1n) is 7.12. The molecule has 0 radical (unpaired) electrons. The Morgan fingerprint density at radius 2 is 2.00 bits per heavy atom. The Morgan fingerprint density at radius 1 is 1.35 bits per heavy atom. The van der Waals surface area contributed by atoms with Crippen LogP contribution in [0, 0.1) is 6.92 Å². The summed E-state index contributed by atoms with van der Waals surface area (Å²) >= 11 is 0. The highest BCUT2D eigenvalue weighted by Gasteiger charge is 2.13. The number of aromatic nitrogens is 2. The number of nitrogens with one attached hydrogen (secondary N) is 1. The summed E-state index contributed by atoms with van der Waals surface area (Å²) in [5, 5.41) is 2.74. The summed E-state index contributed by atoms with van der Waals surface area (Å²) in [6, 6.07) is 1.71. The first-order chi connectivity index (χ1) is 9.62. The van der Waals surface area contributed by atoms with Crippen LogP contribution in [0.4, 0.5) is 5.95 Å². The third-order valence-corrected chi connectivity index (χ3v) is 2.75. The molecule has 1 heterocycles. The van der Waals surface area contributed by atoms with Gasteiger partial charge in [-0.25, -0.2) is 9.97 Å². The number of carbonyl (C=O) groups excluding carboxylic acids is 1. The molecule has 0 aliphatic heterocycles. The molecule has 5 heteroatoms. The Labute approximate surface area is 121 Å². The molecule has 0 aliphatic carbocycles. The van der Waals surface area contributed by atoms with E-state index >= 15 is 0 Å². The topological polar surface area (TPSA) is 58.1 Å². The maximum absolute atomic E-state index is 12.0. The van der Waals surface area contributed by atoms with Crippen LogP contribution in [0.15, 0.2) is 18.7 Å². The van der Waals surface area contributed by atoms with Crippen molar-refractivity contribution in [3.63, 3.8) is 0 Å². The van der Waals surface area contributed by atoms with Crippen molar-refractivity contribution in [2.45, 2.75) is 33.6 Å². The second kappa shape index (κ2) is 8.30. The van der Waals surface area contributed by atoms with Gasteiger partial charge in [0.1, 0.15) is 5.69 Å². The lowest BCUT2D eigenvalue weighted by molar-refractivity contribution is 0.0953. The number of carbonyl (C=O) groups is 1. The predicted octanol–water partition coefficient (Wildman–Crippen LogP) is 2.33. The minimum atomic E-state index is -0.190. The van der Waals surface area contributed by atoms with Crippen LogP contribution in [0.25, 0.3) is 0 Å². The maximum Gasteiger partial charge on any atom is 0.270 e. The van der Waals surface area contributed by atoms with Gasteiger partial charge >= 0.3 is 0 Å². The molecule has 1 aromatic heterocycles. The highest BCUT2D eigenvalue weighted by molar-refractivity contribution is 5.92. The first-order valence-corrected chi connectivity index (χ1v) is 7.12. The van der Waals surface area contributed by atoms with Crippen LogP contribution in [-0.2, 0) is 0 Å². The van der Waals surface area contributed by atoms with E-state index in [0.29, 0.717) is 18.2 Å². The number of hydrogen-bond acceptors (Lipinski definition) is 4. The molecular formula is C15H24N4O. The van der Waals surface area contributed by atoms with E-state index in [0.717, 1.165) is 31.6 Å². The zero-order valence-corrected chi connectivity index (χ0v) is 12.6. The third kappa shape index (κ3) is 4.64. The van der Waals surface area contributed by atoms with Crippen LogP contribution in [0.5, 0.6) is 0 Å². The summed E-state index contributed by atoms with van der Waals surface area (Å²) in [6.45, 7) is 11.9. The smallest absolute Gasteiger partial charge is 0.270 e. The number of anilines is 1. The summed E-state index contributed by atoms with van der Waals surface area (Å²) < 4.78 is 0. The Bertz CT molecular complexity index is 453. The summed E-state index contributed by atoms with van der Waals surface area (Å²) in [4.78, 5) is 22.9. The molecule has 0 saturated carbocycles. The number of rotatable bonds is 8. The summed E-state index contributed by atoms with van der Waals surface area (Å²) in [5.41, 5.74) is 1.21. The van der Waals surface area contributed by atoms with E-state index in [2.05, 4.69) is 40.6 Å². The van der Waals surface area contributed by atoms with Gasteiger partial charge in [0.15, 0.2) is 0 Å². The molecule has 110 valence electrons. The van der Waals surface area contributed by atoms with Crippen LogP contribution >= 0.6 is 0 Å². The van der Waals surface area contributed by atoms with Gasteiger partial charge in [0, 0.05) is 25.3 Å². The lowest BCUT2D eigenvalue weighted by Crippen LogP contribution is -2.29. The van der Waals surface area contributed by atoms with Crippen molar-refractivity contribution in [2.75, 3.05) is 24.5 Å². The van der Waals surface area contributed by atoms with Crippen molar-refractivity contribution in [1.29, 1.82) is 0 Å². The van der Waals surface area contributed by atoms with Crippen LogP contribution in [-0.4, -0.2) is 35.5 Å². The summed E-state index contributed by atoms with van der Waals surface area (Å²) in [6.07, 6.45) is 3.69. The minimum absolute atomic E-state index is 0.190. The summed E-state index contributed by atoms with van der Waals surface area (Å²) in [5.74, 6) is 0.446. The van der Waals surface area contributed by atoms with Gasteiger partial charge in [0.25, 0.3) is 5.91 Å². The molecule has 1 aromatic rings. The summed E-state index contributed by atoms with van der Waals surface area (Å²) in [7, 11) is 0. The molecule has 0 fully saturated rings. The SMILES string of the molecule is C=CCNC(=O)c1cc(C)nc(N(CCC)CCC)n1. The largest absolute Gasteiger partial charge is 0.347 e. The molecule has 1 N–H and O–H groups in total. The fourth-order valence-electron chi connectivity index (χ4n) is 1.92. The van der Waals surface area contributed by atoms with Gasteiger partial charge in [-0.2, -0.15) is 0 Å². The zero-order valence-electron chi connectivity index (χ0n) is 12.6. The van der Waals surface area contributed by atoms with Gasteiger partial charge < -0.3 is 10.2 Å². The zero-order chi connectivity index (χ0) is 15.0. The monoisotopic (exact) mass is 276 g/mol. The molecule has 0 atom stereocenters. The molecule has 0 aromatic carbocycles. The fourth-order valence-corrected chi connectivity index (χ4v) is 1.92. The van der Waals surface area contributed by atoms with E-state index < -0.39 is 0 Å². The predicted molar refractivity (Wildman–Crippen MR) is 82.1 cm³/mol. The maximum atomic E-state index is 12.0. The van der Waals surface area contributed by atoms with Gasteiger partial charge in [-0.15, -0.1) is 6.58 Å². The molecule has 1 amide bonds. The van der Waals surface area contributed by atoms with Gasteiger partial charge in [0.05, 0.1) is 0 Å². The molecule has 5 nitrogen and oxygen atoms in total. The van der Waals surface area contributed by atoms with Crippen molar-refractivity contribution in [3.8, 4) is 0 Å². The highest BCUT2D eigenvalue weighted by atomic mass is 16.1. The molecule has 0 spiro atoms. The van der Waals surface area contributed by atoms with Crippen molar-refractivity contribution in [2.24, 2.45) is 0 Å². The van der Waals surface area contributed by atoms with Crippen LogP contribution in [0.2, 0.25) is 0 Å². The number of nitrogens with zero attached hydrogens (tertiary/aromatic N) is 3. The van der Waals surface area contributed by atoms with E-state index in [4.69, 9.17) is 0 Å². The molecule has 0 aliphatic rings. The number of aryl methyl sites for hydroxylation is 1. The lowest BCUT2D eigenvalue weighted by atomic mass is 10.3. The second-order valence-corrected chi connectivity index (χ2v) is 4.68. The van der Waals surface area contributed by atoms with E-state index in [-0.39, 0.29) is 5.91 Å². The van der Waals surface area contributed by atoms with E-state index in [9.17, 15) is 4.79 Å². The standard InChI is InChI=1S/C15H24N4O/c1-5-8-16-14(20)13-11-12(4)17-15(18-13)19(9-6-2)10-7-3/h5,11H,1,6-10H2,2-4H3,(H,16,20). The Kier molecular flexibility index (Phi) is 6.70. The van der Waals surface area contributed by atoms with Crippen molar-refractivity contribution < 1.29 is 4.79 Å². The van der Waals surface area contributed by atoms with Crippen LogP contribution < -0.4 is 10.2 Å². The van der Waals surface area contributed by atoms with Gasteiger partial charge in [-0.05, 0) is 25.8 Å². The molecule has 1 rings (SSSR count). The third-order valence-electron chi connectivity index (χ3n) is 2.75. The molecule has 0 unspecified atom stereocenters. The molecule has 20 heavy (non-hydrogen) atoms. The van der Waals surface area contributed by atoms with Crippen molar-refractivity contribution in [3.05, 3.63) is 30.1 Å². The average Bonchev–Trinajstić information content (AvgIpc) is 2.43. The molecule has 0 bridgehead atoms. The quantitative estimate of drug-likeness (QED) is 0.740. The molecular weight excluding hydrogens is 252 g/mol. The van der Waals surface area contributed by atoms with E-state index in [1.54, 1.807) is 12.1 Å². The van der Waals surface area contributed by atoms with E-state index in [1.807, 2.05) is 6.92 Å². The Balaban J connectivity index is 2.99. The number of amides is 1. The Morgan fingerprint density at radius 3 is 2.55 bits per heavy atom. The molecule has 0 saturated heterocycles. The second-order valence-electron chi connectivity index (χ2n) is 4.68. The average molecular weight is 276 g/mol. The fraction of sp³-hybridized carbons (Fsp3) is 0.533. The van der Waals surface area contributed by atoms with Crippen LogP contribution in [0.3, 0.4) is 0 Å². The van der Waals surface area contributed by atoms with Crippen molar-refractivity contribution >= 4 is 11.9 Å². The van der Waals surface area contributed by atoms with Crippen LogP contribution in [0.1, 0.15) is 42.9 Å². The van der Waals surface area contributed by atoms with Gasteiger partial charge in [-0.1, -0.05) is 19.9 Å². The Hall–Kier alpha value is -1.91. The first kappa shape index (κ1) is 16.1. The van der Waals surface area contributed by atoms with E-state index in [1.165, 1.54) is 0 Å². The van der Waals surface area contributed by atoms with Crippen molar-refractivity contribution in [1.82, 2.24) is 15.3 Å². The minimum Gasteiger partial charge on any atom is -0.347 e. The normalized spacial score (nSPS) is 10.2. The highest BCUT2D eigenvalue weighted by Crippen LogP contribution is 2.11.